The second kappa shape index (κ2) is 7.38. The largest absolute Gasteiger partial charge is 0.416 e. The Morgan fingerprint density at radius 3 is 2.48 bits per heavy atom. The van der Waals surface area contributed by atoms with Gasteiger partial charge in [0.2, 0.25) is 0 Å². The molecule has 0 spiro atoms. The molecule has 1 aliphatic rings. The van der Waals surface area contributed by atoms with E-state index in [-0.39, 0.29) is 10.9 Å². The molecule has 2 heterocycles. The first-order valence-electron chi connectivity index (χ1n) is 8.48. The molecule has 0 aliphatic carbocycles. The molecule has 5 nitrogen and oxygen atoms in total. The number of pyridine rings is 1. The Balaban J connectivity index is 1.67. The smallest absolute Gasteiger partial charge is 0.371 e. The Hall–Kier alpha value is -2.29. The summed E-state index contributed by atoms with van der Waals surface area (Å²) in [6.45, 7) is 1.14. The zero-order chi connectivity index (χ0) is 19.7. The van der Waals surface area contributed by atoms with Gasteiger partial charge in [-0.25, -0.2) is 13.4 Å². The van der Waals surface area contributed by atoms with Crippen LogP contribution in [-0.4, -0.2) is 38.8 Å². The van der Waals surface area contributed by atoms with Gasteiger partial charge < -0.3 is 10.2 Å². The summed E-state index contributed by atoms with van der Waals surface area (Å²) in [6, 6.07) is 8.38. The first kappa shape index (κ1) is 19.5. The monoisotopic (exact) mass is 399 g/mol. The van der Waals surface area contributed by atoms with E-state index in [9.17, 15) is 21.6 Å². The minimum Gasteiger partial charge on any atom is -0.371 e. The number of hydrogen-bond acceptors (Lipinski definition) is 5. The molecule has 1 aromatic carbocycles. The number of piperidine rings is 1. The van der Waals surface area contributed by atoms with Crippen molar-refractivity contribution in [3.05, 3.63) is 48.2 Å². The van der Waals surface area contributed by atoms with Crippen molar-refractivity contribution in [3.8, 4) is 0 Å². The molecule has 1 aliphatic heterocycles. The highest BCUT2D eigenvalue weighted by Crippen LogP contribution is 2.32. The number of halogens is 3. The number of benzene rings is 1. The molecule has 0 bridgehead atoms. The lowest BCUT2D eigenvalue weighted by Crippen LogP contribution is -2.39. The number of nitrogens with one attached hydrogen (secondary N) is 1. The normalized spacial score (nSPS) is 16.4. The van der Waals surface area contributed by atoms with Crippen molar-refractivity contribution in [3.63, 3.8) is 0 Å². The Labute approximate surface area is 156 Å². The zero-order valence-electron chi connectivity index (χ0n) is 14.7. The van der Waals surface area contributed by atoms with Crippen LogP contribution in [0, 0.1) is 0 Å². The average Bonchev–Trinajstić information content (AvgIpc) is 2.61. The molecule has 0 amide bonds. The van der Waals surface area contributed by atoms with E-state index in [0.29, 0.717) is 37.4 Å². The summed E-state index contributed by atoms with van der Waals surface area (Å²) < 4.78 is 62.4. The molecule has 27 heavy (non-hydrogen) atoms. The number of anilines is 2. The number of aromatic nitrogens is 1. The molecule has 1 saturated heterocycles. The Morgan fingerprint density at radius 1 is 1.15 bits per heavy atom. The molecule has 1 fully saturated rings. The fraction of sp³-hybridized carbons (Fsp3) is 0.389. The van der Waals surface area contributed by atoms with Crippen molar-refractivity contribution in [1.29, 1.82) is 0 Å². The minimum atomic E-state index is -4.36. The maximum Gasteiger partial charge on any atom is 0.416 e. The lowest BCUT2D eigenvalue weighted by Gasteiger charge is -2.34. The lowest BCUT2D eigenvalue weighted by molar-refractivity contribution is -0.137. The van der Waals surface area contributed by atoms with Crippen LogP contribution in [0.15, 0.2) is 47.5 Å². The topological polar surface area (TPSA) is 62.3 Å². The Kier molecular flexibility index (Phi) is 5.32. The molecule has 1 N–H and O–H groups in total. The molecule has 1 aromatic heterocycles. The van der Waals surface area contributed by atoms with Gasteiger partial charge >= 0.3 is 6.18 Å². The summed E-state index contributed by atoms with van der Waals surface area (Å²) in [5.74, 6) is 0.317. The number of hydrogen-bond donors (Lipinski definition) is 1. The van der Waals surface area contributed by atoms with E-state index in [1.807, 2.05) is 4.90 Å². The van der Waals surface area contributed by atoms with Gasteiger partial charge in [-0.3, -0.25) is 0 Å². The van der Waals surface area contributed by atoms with Crippen LogP contribution in [0.1, 0.15) is 18.4 Å². The SMILES string of the molecule is CS(=O)(=O)c1cccnc1NC1CCN(c2cccc(C(F)(F)F)c2)CC1. The van der Waals surface area contributed by atoms with Crippen LogP contribution in [-0.2, 0) is 16.0 Å². The molecule has 0 saturated carbocycles. The van der Waals surface area contributed by atoms with E-state index in [0.717, 1.165) is 18.4 Å². The van der Waals surface area contributed by atoms with Crippen molar-refractivity contribution in [2.45, 2.75) is 30.0 Å². The van der Waals surface area contributed by atoms with E-state index in [2.05, 4.69) is 10.3 Å². The molecule has 0 radical (unpaired) electrons. The quantitative estimate of drug-likeness (QED) is 0.852. The highest BCUT2D eigenvalue weighted by Gasteiger charge is 2.31. The van der Waals surface area contributed by atoms with Gasteiger partial charge in [-0.1, -0.05) is 6.07 Å². The van der Waals surface area contributed by atoms with Crippen LogP contribution in [0.2, 0.25) is 0 Å². The van der Waals surface area contributed by atoms with Crippen molar-refractivity contribution < 1.29 is 21.6 Å². The van der Waals surface area contributed by atoms with Crippen molar-refractivity contribution in [2.75, 3.05) is 29.6 Å². The lowest BCUT2D eigenvalue weighted by atomic mass is 10.0. The van der Waals surface area contributed by atoms with Crippen LogP contribution >= 0.6 is 0 Å². The van der Waals surface area contributed by atoms with Gasteiger partial charge in [0.15, 0.2) is 9.84 Å². The van der Waals surface area contributed by atoms with E-state index in [1.54, 1.807) is 12.1 Å². The molecule has 146 valence electrons. The highest BCUT2D eigenvalue weighted by atomic mass is 32.2. The molecule has 9 heteroatoms. The van der Waals surface area contributed by atoms with Gasteiger partial charge in [-0.05, 0) is 43.2 Å². The van der Waals surface area contributed by atoms with Gasteiger partial charge in [0.05, 0.1) is 5.56 Å². The predicted octanol–water partition coefficient (Wildman–Crippen LogP) is 3.58. The highest BCUT2D eigenvalue weighted by molar-refractivity contribution is 7.90. The fourth-order valence-corrected chi connectivity index (χ4v) is 3.94. The van der Waals surface area contributed by atoms with Gasteiger partial charge in [0, 0.05) is 37.3 Å². The summed E-state index contributed by atoms with van der Waals surface area (Å²) in [4.78, 5) is 6.18. The van der Waals surface area contributed by atoms with Gasteiger partial charge in [0.1, 0.15) is 10.7 Å². The van der Waals surface area contributed by atoms with E-state index in [1.165, 1.54) is 18.3 Å². The van der Waals surface area contributed by atoms with Crippen LogP contribution in [0.5, 0.6) is 0 Å². The van der Waals surface area contributed by atoms with Gasteiger partial charge in [-0.2, -0.15) is 13.2 Å². The standard InChI is InChI=1S/C18H20F3N3O2S/c1-27(25,26)16-6-3-9-22-17(16)23-14-7-10-24(11-8-14)15-5-2-4-13(12-15)18(19,20)21/h2-6,9,12,14H,7-8,10-11H2,1H3,(H,22,23). The summed E-state index contributed by atoms with van der Waals surface area (Å²) in [5, 5.41) is 3.17. The zero-order valence-corrected chi connectivity index (χ0v) is 15.5. The van der Waals surface area contributed by atoms with Crippen LogP contribution in [0.4, 0.5) is 24.7 Å². The number of alkyl halides is 3. The third-order valence-corrected chi connectivity index (χ3v) is 5.67. The molecule has 2 aromatic rings. The van der Waals surface area contributed by atoms with Crippen LogP contribution in [0.3, 0.4) is 0 Å². The summed E-state index contributed by atoms with van der Waals surface area (Å²) in [5.41, 5.74) is -0.121. The Morgan fingerprint density at radius 2 is 1.85 bits per heavy atom. The Bertz CT molecular complexity index is 908. The van der Waals surface area contributed by atoms with E-state index < -0.39 is 21.6 Å². The maximum absolute atomic E-state index is 12.9. The minimum absolute atomic E-state index is 0.00227. The molecular weight excluding hydrogens is 379 g/mol. The predicted molar refractivity (Wildman–Crippen MR) is 97.6 cm³/mol. The average molecular weight is 399 g/mol. The van der Waals surface area contributed by atoms with Crippen molar-refractivity contribution in [2.24, 2.45) is 0 Å². The first-order chi connectivity index (χ1) is 12.6. The third kappa shape index (κ3) is 4.71. The summed E-state index contributed by atoms with van der Waals surface area (Å²) >= 11 is 0. The second-order valence-electron chi connectivity index (χ2n) is 6.58. The number of nitrogens with zero attached hydrogens (tertiary/aromatic N) is 2. The van der Waals surface area contributed by atoms with E-state index >= 15 is 0 Å². The van der Waals surface area contributed by atoms with Gasteiger partial charge in [-0.15, -0.1) is 0 Å². The summed E-state index contributed by atoms with van der Waals surface area (Å²) in [7, 11) is -3.40. The number of rotatable bonds is 4. The third-order valence-electron chi connectivity index (χ3n) is 4.54. The van der Waals surface area contributed by atoms with Gasteiger partial charge in [0.25, 0.3) is 0 Å². The molecule has 0 unspecified atom stereocenters. The molecule has 0 atom stereocenters. The maximum atomic E-state index is 12.9. The molecular formula is C18H20F3N3O2S. The first-order valence-corrected chi connectivity index (χ1v) is 10.4. The van der Waals surface area contributed by atoms with Crippen LogP contribution in [0.25, 0.3) is 0 Å². The van der Waals surface area contributed by atoms with Crippen molar-refractivity contribution >= 4 is 21.3 Å². The summed E-state index contributed by atoms with van der Waals surface area (Å²) in [6.07, 6.45) is -0.386. The molecule has 3 rings (SSSR count). The number of sulfone groups is 1. The fourth-order valence-electron chi connectivity index (χ4n) is 3.15. The second-order valence-corrected chi connectivity index (χ2v) is 8.56. The van der Waals surface area contributed by atoms with E-state index in [4.69, 9.17) is 0 Å². The van der Waals surface area contributed by atoms with Crippen molar-refractivity contribution in [1.82, 2.24) is 4.98 Å². The van der Waals surface area contributed by atoms with Crippen LogP contribution < -0.4 is 10.2 Å².